The highest BCUT2D eigenvalue weighted by molar-refractivity contribution is 14.1. The van der Waals surface area contributed by atoms with Crippen molar-refractivity contribution in [1.29, 1.82) is 0 Å². The molecule has 0 aliphatic rings. The fourth-order valence-corrected chi connectivity index (χ4v) is 2.47. The second kappa shape index (κ2) is 7.28. The Hall–Kier alpha value is -0.360. The van der Waals surface area contributed by atoms with E-state index in [2.05, 4.69) is 0 Å². The van der Waals surface area contributed by atoms with Crippen molar-refractivity contribution < 1.29 is 9.18 Å². The quantitative estimate of drug-likeness (QED) is 0.558. The lowest BCUT2D eigenvalue weighted by molar-refractivity contribution is 0.0705. The summed E-state index contributed by atoms with van der Waals surface area (Å²) in [5.41, 5.74) is 0.542. The first-order valence-electron chi connectivity index (χ1n) is 5.79. The van der Waals surface area contributed by atoms with E-state index in [1.165, 1.54) is 18.2 Å². The lowest BCUT2D eigenvalue weighted by Crippen LogP contribution is -2.38. The second-order valence-corrected chi connectivity index (χ2v) is 5.80. The van der Waals surface area contributed by atoms with Crippen molar-refractivity contribution in [2.75, 3.05) is 12.4 Å². The Bertz CT molecular complexity index is 425. The number of carbonyl (C=O) groups excluding carboxylic acids is 1. The first-order valence-corrected chi connectivity index (χ1v) is 7.40. The molecule has 1 aromatic carbocycles. The van der Waals surface area contributed by atoms with Crippen molar-refractivity contribution in [2.24, 2.45) is 0 Å². The van der Waals surface area contributed by atoms with Crippen molar-refractivity contribution >= 4 is 40.1 Å². The molecule has 0 bridgehead atoms. The number of amides is 1. The summed E-state index contributed by atoms with van der Waals surface area (Å²) < 4.78 is 13.7. The van der Waals surface area contributed by atoms with Crippen LogP contribution in [-0.4, -0.2) is 29.3 Å². The molecule has 0 saturated carbocycles. The van der Waals surface area contributed by atoms with E-state index in [0.29, 0.717) is 21.6 Å². The Morgan fingerprint density at radius 1 is 1.50 bits per heavy atom. The van der Waals surface area contributed by atoms with Crippen molar-refractivity contribution in [3.63, 3.8) is 0 Å². The van der Waals surface area contributed by atoms with Crippen LogP contribution in [0.4, 0.5) is 4.39 Å². The highest BCUT2D eigenvalue weighted by atomic mass is 127. The minimum atomic E-state index is -0.326. The number of halogens is 3. The van der Waals surface area contributed by atoms with Gasteiger partial charge in [-0.2, -0.15) is 0 Å². The third-order valence-corrected chi connectivity index (χ3v) is 3.74. The summed E-state index contributed by atoms with van der Waals surface area (Å²) in [5, 5.41) is 0. The Balaban J connectivity index is 2.94. The van der Waals surface area contributed by atoms with Gasteiger partial charge < -0.3 is 4.90 Å². The van der Waals surface area contributed by atoms with Gasteiger partial charge in [0, 0.05) is 22.0 Å². The van der Waals surface area contributed by atoms with E-state index in [0.717, 1.165) is 6.42 Å². The molecular formula is C13H16ClFINO. The number of hydrogen-bond donors (Lipinski definition) is 0. The van der Waals surface area contributed by atoms with E-state index in [9.17, 15) is 9.18 Å². The predicted octanol–water partition coefficient (Wildman–Crippen LogP) is 3.91. The minimum absolute atomic E-state index is 0.0699. The molecule has 0 heterocycles. The summed E-state index contributed by atoms with van der Waals surface area (Å²) in [6.45, 7) is 4.54. The minimum Gasteiger partial charge on any atom is -0.336 e. The number of alkyl halides is 1. The number of rotatable bonds is 5. The van der Waals surface area contributed by atoms with Gasteiger partial charge in [-0.1, -0.05) is 0 Å². The van der Waals surface area contributed by atoms with Gasteiger partial charge in [0.05, 0.1) is 5.56 Å². The van der Waals surface area contributed by atoms with Gasteiger partial charge >= 0.3 is 0 Å². The molecule has 100 valence electrons. The first-order chi connectivity index (χ1) is 8.47. The standard InChI is InChI=1S/C13H16ClFINO/c1-9(2)17(7-3-6-14)13(18)11-5-4-10(15)8-12(11)16/h4-5,8-9H,3,6-7H2,1-2H3. The summed E-state index contributed by atoms with van der Waals surface area (Å²) in [6, 6.07) is 4.32. The topological polar surface area (TPSA) is 20.3 Å². The average molecular weight is 384 g/mol. The van der Waals surface area contributed by atoms with E-state index in [1.807, 2.05) is 36.4 Å². The lowest BCUT2D eigenvalue weighted by atomic mass is 10.1. The van der Waals surface area contributed by atoms with Gasteiger partial charge in [-0.05, 0) is 61.1 Å². The molecule has 18 heavy (non-hydrogen) atoms. The molecule has 0 atom stereocenters. The summed E-state index contributed by atoms with van der Waals surface area (Å²) >= 11 is 7.65. The maximum atomic E-state index is 13.0. The summed E-state index contributed by atoms with van der Waals surface area (Å²) in [6.07, 6.45) is 0.753. The monoisotopic (exact) mass is 383 g/mol. The molecule has 0 radical (unpaired) electrons. The third kappa shape index (κ3) is 4.09. The number of benzene rings is 1. The van der Waals surface area contributed by atoms with Crippen LogP contribution in [0.15, 0.2) is 18.2 Å². The highest BCUT2D eigenvalue weighted by Crippen LogP contribution is 2.17. The van der Waals surface area contributed by atoms with Crippen LogP contribution in [0.3, 0.4) is 0 Å². The SMILES string of the molecule is CC(C)N(CCCCl)C(=O)c1ccc(F)cc1I. The lowest BCUT2D eigenvalue weighted by Gasteiger charge is -2.27. The van der Waals surface area contributed by atoms with Gasteiger partial charge in [0.1, 0.15) is 5.82 Å². The van der Waals surface area contributed by atoms with Crippen LogP contribution in [0.1, 0.15) is 30.6 Å². The van der Waals surface area contributed by atoms with Crippen LogP contribution in [0, 0.1) is 9.39 Å². The molecular weight excluding hydrogens is 368 g/mol. The molecule has 0 saturated heterocycles. The van der Waals surface area contributed by atoms with E-state index in [4.69, 9.17) is 11.6 Å². The summed E-state index contributed by atoms with van der Waals surface area (Å²) in [4.78, 5) is 14.1. The molecule has 1 amide bonds. The maximum Gasteiger partial charge on any atom is 0.255 e. The number of hydrogen-bond acceptors (Lipinski definition) is 1. The van der Waals surface area contributed by atoms with E-state index in [-0.39, 0.29) is 17.8 Å². The van der Waals surface area contributed by atoms with Gasteiger partial charge in [0.2, 0.25) is 0 Å². The third-order valence-electron chi connectivity index (χ3n) is 2.58. The van der Waals surface area contributed by atoms with Crippen LogP contribution >= 0.6 is 34.2 Å². The van der Waals surface area contributed by atoms with Crippen LogP contribution in [0.5, 0.6) is 0 Å². The van der Waals surface area contributed by atoms with Gasteiger partial charge in [-0.15, -0.1) is 11.6 Å². The summed E-state index contributed by atoms with van der Waals surface area (Å²) in [5.74, 6) is 0.129. The van der Waals surface area contributed by atoms with Crippen LogP contribution in [-0.2, 0) is 0 Å². The van der Waals surface area contributed by atoms with Crippen LogP contribution in [0.2, 0.25) is 0 Å². The largest absolute Gasteiger partial charge is 0.336 e. The molecule has 5 heteroatoms. The number of nitrogens with zero attached hydrogens (tertiary/aromatic N) is 1. The fourth-order valence-electron chi connectivity index (χ4n) is 1.64. The van der Waals surface area contributed by atoms with Gasteiger partial charge in [-0.25, -0.2) is 4.39 Å². The van der Waals surface area contributed by atoms with E-state index < -0.39 is 0 Å². The molecule has 1 rings (SSSR count). The first kappa shape index (κ1) is 15.7. The zero-order valence-corrected chi connectivity index (χ0v) is 13.3. The zero-order valence-electron chi connectivity index (χ0n) is 10.4. The smallest absolute Gasteiger partial charge is 0.255 e. The Morgan fingerprint density at radius 3 is 2.67 bits per heavy atom. The molecule has 1 aromatic rings. The Kier molecular flexibility index (Phi) is 6.35. The molecule has 0 N–H and O–H groups in total. The maximum absolute atomic E-state index is 13.0. The van der Waals surface area contributed by atoms with Gasteiger partial charge in [-0.3, -0.25) is 4.79 Å². The van der Waals surface area contributed by atoms with E-state index in [1.54, 1.807) is 4.90 Å². The Labute approximate surface area is 126 Å². The predicted molar refractivity (Wildman–Crippen MR) is 80.6 cm³/mol. The van der Waals surface area contributed by atoms with Crippen LogP contribution in [0.25, 0.3) is 0 Å². The van der Waals surface area contributed by atoms with Crippen molar-refractivity contribution in [3.8, 4) is 0 Å². The average Bonchev–Trinajstić information content (AvgIpc) is 2.28. The normalized spacial score (nSPS) is 10.8. The van der Waals surface area contributed by atoms with Crippen molar-refractivity contribution in [1.82, 2.24) is 4.90 Å². The highest BCUT2D eigenvalue weighted by Gasteiger charge is 2.20. The Morgan fingerprint density at radius 2 is 2.17 bits per heavy atom. The molecule has 0 unspecified atom stereocenters. The summed E-state index contributed by atoms with van der Waals surface area (Å²) in [7, 11) is 0. The molecule has 0 aliphatic carbocycles. The molecule has 0 fully saturated rings. The molecule has 0 aliphatic heterocycles. The van der Waals surface area contributed by atoms with Gasteiger partial charge in [0.25, 0.3) is 5.91 Å². The van der Waals surface area contributed by atoms with Gasteiger partial charge in [0.15, 0.2) is 0 Å². The molecule has 0 aromatic heterocycles. The molecule has 2 nitrogen and oxygen atoms in total. The van der Waals surface area contributed by atoms with E-state index >= 15 is 0 Å². The zero-order chi connectivity index (χ0) is 13.7. The molecule has 0 spiro atoms. The van der Waals surface area contributed by atoms with Crippen molar-refractivity contribution in [2.45, 2.75) is 26.3 Å². The fraction of sp³-hybridized carbons (Fsp3) is 0.462. The van der Waals surface area contributed by atoms with Crippen LogP contribution < -0.4 is 0 Å². The number of carbonyl (C=O) groups is 1. The second-order valence-electron chi connectivity index (χ2n) is 4.26. The van der Waals surface area contributed by atoms with Crippen molar-refractivity contribution in [3.05, 3.63) is 33.1 Å².